The van der Waals surface area contributed by atoms with Crippen LogP contribution in [0.5, 0.6) is 0 Å². The van der Waals surface area contributed by atoms with Gasteiger partial charge in [0.05, 0.1) is 0 Å². The Labute approximate surface area is 124 Å². The molecule has 1 amide bonds. The summed E-state index contributed by atoms with van der Waals surface area (Å²) < 4.78 is 0. The van der Waals surface area contributed by atoms with E-state index in [-0.39, 0.29) is 5.91 Å². The summed E-state index contributed by atoms with van der Waals surface area (Å²) in [5.41, 5.74) is 1.30. The second kappa shape index (κ2) is 7.85. The first kappa shape index (κ1) is 14.8. The highest BCUT2D eigenvalue weighted by molar-refractivity contribution is 7.09. The van der Waals surface area contributed by atoms with Crippen LogP contribution in [0.4, 0.5) is 0 Å². The Hall–Kier alpha value is -1.61. The minimum absolute atomic E-state index is 0.146. The van der Waals surface area contributed by atoms with Crippen molar-refractivity contribution >= 4 is 17.2 Å². The zero-order valence-corrected chi connectivity index (χ0v) is 12.7. The largest absolute Gasteiger partial charge is 0.355 e. The molecule has 0 bridgehead atoms. The summed E-state index contributed by atoms with van der Waals surface area (Å²) >= 11 is 1.71. The van der Waals surface area contributed by atoms with Crippen molar-refractivity contribution in [3.05, 3.63) is 58.3 Å². The molecule has 1 atom stereocenters. The third-order valence-corrected chi connectivity index (χ3v) is 4.42. The molecule has 0 saturated carbocycles. The lowest BCUT2D eigenvalue weighted by Crippen LogP contribution is -2.28. The van der Waals surface area contributed by atoms with Gasteiger partial charge in [-0.05, 0) is 29.9 Å². The van der Waals surface area contributed by atoms with Crippen molar-refractivity contribution in [3.8, 4) is 0 Å². The number of thiophene rings is 1. The number of aryl methyl sites for hydroxylation is 1. The Kier molecular flexibility index (Phi) is 5.81. The van der Waals surface area contributed by atoms with Gasteiger partial charge >= 0.3 is 0 Å². The summed E-state index contributed by atoms with van der Waals surface area (Å²) in [5.74, 6) is 0.551. The predicted molar refractivity (Wildman–Crippen MR) is 85.1 cm³/mol. The highest BCUT2D eigenvalue weighted by Crippen LogP contribution is 2.18. The van der Waals surface area contributed by atoms with Crippen LogP contribution < -0.4 is 5.32 Å². The second-order valence-corrected chi connectivity index (χ2v) is 5.93. The average Bonchev–Trinajstić information content (AvgIpc) is 3.00. The quantitative estimate of drug-likeness (QED) is 0.819. The van der Waals surface area contributed by atoms with Crippen molar-refractivity contribution in [1.29, 1.82) is 0 Å². The number of benzene rings is 1. The summed E-state index contributed by atoms with van der Waals surface area (Å²) in [6.07, 6.45) is 2.45. The van der Waals surface area contributed by atoms with E-state index < -0.39 is 0 Å². The van der Waals surface area contributed by atoms with Gasteiger partial charge in [-0.15, -0.1) is 11.3 Å². The molecule has 106 valence electrons. The first-order chi connectivity index (χ1) is 9.79. The van der Waals surface area contributed by atoms with Gasteiger partial charge < -0.3 is 5.32 Å². The summed E-state index contributed by atoms with van der Waals surface area (Å²) in [7, 11) is 0. The molecule has 0 aliphatic carbocycles. The van der Waals surface area contributed by atoms with Crippen LogP contribution in [0.25, 0.3) is 0 Å². The maximum atomic E-state index is 11.9. The number of rotatable bonds is 7. The fourth-order valence-corrected chi connectivity index (χ4v) is 2.95. The van der Waals surface area contributed by atoms with E-state index in [9.17, 15) is 4.79 Å². The lowest BCUT2D eigenvalue weighted by atomic mass is 9.96. The van der Waals surface area contributed by atoms with Crippen molar-refractivity contribution in [3.63, 3.8) is 0 Å². The van der Waals surface area contributed by atoms with Crippen LogP contribution in [0.3, 0.4) is 0 Å². The van der Waals surface area contributed by atoms with Crippen LogP contribution in [0.2, 0.25) is 0 Å². The highest BCUT2D eigenvalue weighted by atomic mass is 32.1. The van der Waals surface area contributed by atoms with E-state index in [2.05, 4.69) is 48.0 Å². The SMILES string of the molecule is CCC(CNC(=O)CCc1cccs1)c1ccccc1. The van der Waals surface area contributed by atoms with Crippen molar-refractivity contribution in [2.45, 2.75) is 32.1 Å². The molecule has 0 fully saturated rings. The maximum Gasteiger partial charge on any atom is 0.220 e. The van der Waals surface area contributed by atoms with Crippen LogP contribution in [0, 0.1) is 0 Å². The fourth-order valence-electron chi connectivity index (χ4n) is 2.24. The van der Waals surface area contributed by atoms with Gasteiger partial charge in [-0.3, -0.25) is 4.79 Å². The number of nitrogens with one attached hydrogen (secondary N) is 1. The fraction of sp³-hybridized carbons (Fsp3) is 0.353. The Morgan fingerprint density at radius 1 is 1.20 bits per heavy atom. The van der Waals surface area contributed by atoms with Crippen LogP contribution in [-0.4, -0.2) is 12.5 Å². The van der Waals surface area contributed by atoms with E-state index in [0.717, 1.165) is 19.4 Å². The van der Waals surface area contributed by atoms with Gasteiger partial charge in [0, 0.05) is 23.8 Å². The Morgan fingerprint density at radius 3 is 2.65 bits per heavy atom. The van der Waals surface area contributed by atoms with Gasteiger partial charge in [0.2, 0.25) is 5.91 Å². The van der Waals surface area contributed by atoms with E-state index in [4.69, 9.17) is 0 Å². The molecule has 1 heterocycles. The molecule has 1 N–H and O–H groups in total. The third-order valence-electron chi connectivity index (χ3n) is 3.49. The molecule has 0 aliphatic heterocycles. The number of carbonyl (C=O) groups is 1. The van der Waals surface area contributed by atoms with Gasteiger partial charge in [0.25, 0.3) is 0 Å². The third kappa shape index (κ3) is 4.49. The van der Waals surface area contributed by atoms with E-state index in [0.29, 0.717) is 12.3 Å². The Bertz CT molecular complexity index is 507. The molecule has 1 aromatic carbocycles. The molecule has 0 spiro atoms. The van der Waals surface area contributed by atoms with Crippen LogP contribution in [0.15, 0.2) is 47.8 Å². The van der Waals surface area contributed by atoms with Gasteiger partial charge in [-0.2, -0.15) is 0 Å². The number of hydrogen-bond donors (Lipinski definition) is 1. The second-order valence-electron chi connectivity index (χ2n) is 4.90. The maximum absolute atomic E-state index is 11.9. The topological polar surface area (TPSA) is 29.1 Å². The van der Waals surface area contributed by atoms with Gasteiger partial charge in [0.1, 0.15) is 0 Å². The molecule has 2 aromatic rings. The minimum atomic E-state index is 0.146. The van der Waals surface area contributed by atoms with E-state index in [1.807, 2.05) is 12.1 Å². The minimum Gasteiger partial charge on any atom is -0.355 e. The molecule has 1 aromatic heterocycles. The average molecular weight is 287 g/mol. The monoisotopic (exact) mass is 287 g/mol. The Balaban J connectivity index is 1.77. The molecular weight excluding hydrogens is 266 g/mol. The first-order valence-electron chi connectivity index (χ1n) is 7.13. The standard InChI is InChI=1S/C17H21NOS/c1-2-14(15-7-4-3-5-8-15)13-18-17(19)11-10-16-9-6-12-20-16/h3-9,12,14H,2,10-11,13H2,1H3,(H,18,19). The van der Waals surface area contributed by atoms with Crippen molar-refractivity contribution in [1.82, 2.24) is 5.32 Å². The molecule has 3 heteroatoms. The zero-order chi connectivity index (χ0) is 14.2. The lowest BCUT2D eigenvalue weighted by molar-refractivity contribution is -0.121. The van der Waals surface area contributed by atoms with Gasteiger partial charge in [0.15, 0.2) is 0 Å². The van der Waals surface area contributed by atoms with Crippen LogP contribution in [0.1, 0.15) is 36.1 Å². The molecule has 0 aliphatic rings. The van der Waals surface area contributed by atoms with Crippen molar-refractivity contribution in [2.24, 2.45) is 0 Å². The number of carbonyl (C=O) groups excluding carboxylic acids is 1. The zero-order valence-electron chi connectivity index (χ0n) is 11.8. The molecule has 2 rings (SSSR count). The summed E-state index contributed by atoms with van der Waals surface area (Å²) in [6, 6.07) is 14.5. The van der Waals surface area contributed by atoms with Crippen molar-refractivity contribution in [2.75, 3.05) is 6.54 Å². The van der Waals surface area contributed by atoms with E-state index >= 15 is 0 Å². The molecule has 0 saturated heterocycles. The molecule has 2 nitrogen and oxygen atoms in total. The highest BCUT2D eigenvalue weighted by Gasteiger charge is 2.10. The normalized spacial score (nSPS) is 12.1. The smallest absolute Gasteiger partial charge is 0.220 e. The summed E-state index contributed by atoms with van der Waals surface area (Å²) in [5, 5.41) is 5.11. The lowest BCUT2D eigenvalue weighted by Gasteiger charge is -2.16. The van der Waals surface area contributed by atoms with Crippen LogP contribution in [-0.2, 0) is 11.2 Å². The molecule has 1 unspecified atom stereocenters. The van der Waals surface area contributed by atoms with Crippen molar-refractivity contribution < 1.29 is 4.79 Å². The Morgan fingerprint density at radius 2 is 2.00 bits per heavy atom. The van der Waals surface area contributed by atoms with Crippen LogP contribution >= 0.6 is 11.3 Å². The molecule has 0 radical (unpaired) electrons. The number of hydrogen-bond acceptors (Lipinski definition) is 2. The molecular formula is C17H21NOS. The number of amides is 1. The molecule has 20 heavy (non-hydrogen) atoms. The van der Waals surface area contributed by atoms with E-state index in [1.165, 1.54) is 10.4 Å². The van der Waals surface area contributed by atoms with Gasteiger partial charge in [-0.1, -0.05) is 43.3 Å². The predicted octanol–water partition coefficient (Wildman–Crippen LogP) is 3.99. The van der Waals surface area contributed by atoms with Gasteiger partial charge in [-0.25, -0.2) is 0 Å². The first-order valence-corrected chi connectivity index (χ1v) is 8.01. The van der Waals surface area contributed by atoms with E-state index in [1.54, 1.807) is 11.3 Å². The summed E-state index contributed by atoms with van der Waals surface area (Å²) in [6.45, 7) is 2.89. The summed E-state index contributed by atoms with van der Waals surface area (Å²) in [4.78, 5) is 13.2.